The van der Waals surface area contributed by atoms with Gasteiger partial charge in [-0.25, -0.2) is 13.1 Å². The number of benzene rings is 6. The lowest BCUT2D eigenvalue weighted by molar-refractivity contribution is -0.195. The number of methoxy groups -OCH3 is 2. The zero-order chi connectivity index (χ0) is 43.6. The SMILES string of the molecule is COc1ccc(COc2cccc(C(=O)Nc3ccccc3S(=O)(=O)NC(C)=O)c2)cc1.COc1ccc(COc2cccc(C(=O)Nc3ccccc3SOON)c2)cc1. The third kappa shape index (κ3) is 13.8. The number of amides is 3. The lowest BCUT2D eigenvalue weighted by atomic mass is 10.2. The number of ether oxygens (including phenoxy) is 4. The van der Waals surface area contributed by atoms with Crippen LogP contribution in [0.15, 0.2) is 155 Å². The van der Waals surface area contributed by atoms with E-state index in [1.54, 1.807) is 87.0 Å². The smallest absolute Gasteiger partial charge is 0.266 e. The number of carbonyl (C=O) groups excluding carboxylic acids is 3. The van der Waals surface area contributed by atoms with Crippen molar-refractivity contribution in [2.24, 2.45) is 5.90 Å². The van der Waals surface area contributed by atoms with Crippen molar-refractivity contribution < 1.29 is 51.1 Å². The molecule has 0 saturated heterocycles. The lowest BCUT2D eigenvalue weighted by Crippen LogP contribution is -2.29. The fraction of sp³-hybridized carbons (Fsp3) is 0.114. The molecule has 6 aromatic rings. The quantitative estimate of drug-likeness (QED) is 0.0395. The van der Waals surface area contributed by atoms with Gasteiger partial charge in [0.1, 0.15) is 41.1 Å². The first-order chi connectivity index (χ1) is 29.5. The number of anilines is 2. The zero-order valence-electron chi connectivity index (χ0n) is 33.2. The molecule has 0 saturated carbocycles. The highest BCUT2D eigenvalue weighted by molar-refractivity contribution is 7.94. The zero-order valence-corrected chi connectivity index (χ0v) is 34.8. The minimum atomic E-state index is -4.12. The summed E-state index contributed by atoms with van der Waals surface area (Å²) in [5.74, 6) is 5.94. The summed E-state index contributed by atoms with van der Waals surface area (Å²) in [6.45, 7) is 1.77. The molecule has 0 aromatic heterocycles. The average molecular weight is 867 g/mol. The lowest BCUT2D eigenvalue weighted by Gasteiger charge is -2.12. The van der Waals surface area contributed by atoms with E-state index in [9.17, 15) is 22.8 Å². The molecule has 0 aliphatic carbocycles. The van der Waals surface area contributed by atoms with Crippen LogP contribution in [0, 0.1) is 0 Å². The van der Waals surface area contributed by atoms with Crippen molar-refractivity contribution >= 4 is 51.2 Å². The summed E-state index contributed by atoms with van der Waals surface area (Å²) in [5, 5.41) is 5.42. The van der Waals surface area contributed by atoms with Gasteiger partial charge < -0.3 is 29.6 Å². The summed E-state index contributed by atoms with van der Waals surface area (Å²) < 4.78 is 53.2. The number of rotatable bonds is 17. The Balaban J connectivity index is 0.000000232. The van der Waals surface area contributed by atoms with Crippen LogP contribution in [0.4, 0.5) is 11.4 Å². The first-order valence-electron chi connectivity index (χ1n) is 18.2. The van der Waals surface area contributed by atoms with Gasteiger partial charge in [0.15, 0.2) is 0 Å². The maximum atomic E-state index is 12.7. The first-order valence-corrected chi connectivity index (χ1v) is 20.5. The number of nitrogens with two attached hydrogens (primary N) is 1. The fourth-order valence-corrected chi connectivity index (χ4v) is 6.98. The van der Waals surface area contributed by atoms with Crippen molar-refractivity contribution in [1.82, 2.24) is 4.72 Å². The summed E-state index contributed by atoms with van der Waals surface area (Å²) in [6, 6.07) is 41.5. The van der Waals surface area contributed by atoms with E-state index in [1.165, 1.54) is 18.2 Å². The Kier molecular flexibility index (Phi) is 16.7. The minimum absolute atomic E-state index is 0.0517. The molecule has 6 aromatic carbocycles. The largest absolute Gasteiger partial charge is 0.497 e. The van der Waals surface area contributed by atoms with E-state index < -0.39 is 21.8 Å². The molecule has 15 nitrogen and oxygen atoms in total. The van der Waals surface area contributed by atoms with E-state index in [2.05, 4.69) is 20.0 Å². The molecule has 61 heavy (non-hydrogen) atoms. The Bertz CT molecular complexity index is 2520. The number of sulfonamides is 1. The van der Waals surface area contributed by atoms with Gasteiger partial charge in [0.2, 0.25) is 5.91 Å². The van der Waals surface area contributed by atoms with Crippen LogP contribution in [0.5, 0.6) is 23.0 Å². The molecule has 0 atom stereocenters. The molecule has 0 aliphatic rings. The Morgan fingerprint density at radius 2 is 1.07 bits per heavy atom. The van der Waals surface area contributed by atoms with Gasteiger partial charge in [0.05, 0.1) is 42.5 Å². The third-order valence-corrected chi connectivity index (χ3v) is 10.5. The van der Waals surface area contributed by atoms with Gasteiger partial charge in [-0.1, -0.05) is 60.7 Å². The van der Waals surface area contributed by atoms with E-state index in [0.29, 0.717) is 40.9 Å². The van der Waals surface area contributed by atoms with Crippen LogP contribution in [0.3, 0.4) is 0 Å². The van der Waals surface area contributed by atoms with Crippen LogP contribution in [-0.4, -0.2) is 40.4 Å². The van der Waals surface area contributed by atoms with Gasteiger partial charge >= 0.3 is 0 Å². The summed E-state index contributed by atoms with van der Waals surface area (Å²) in [7, 11) is -0.902. The van der Waals surface area contributed by atoms with Crippen LogP contribution in [0.1, 0.15) is 38.8 Å². The number of para-hydroxylation sites is 2. The van der Waals surface area contributed by atoms with Crippen molar-refractivity contribution in [3.8, 4) is 23.0 Å². The Hall–Kier alpha value is -6.89. The van der Waals surface area contributed by atoms with E-state index in [1.807, 2.05) is 59.3 Å². The van der Waals surface area contributed by atoms with E-state index in [-0.39, 0.29) is 22.1 Å². The van der Waals surface area contributed by atoms with Crippen molar-refractivity contribution in [3.05, 3.63) is 168 Å². The molecule has 3 amide bonds. The molecular formula is C44H42N4O11S2. The second kappa shape index (κ2) is 22.5. The second-order valence-electron chi connectivity index (χ2n) is 12.6. The topological polar surface area (TPSA) is 203 Å². The summed E-state index contributed by atoms with van der Waals surface area (Å²) in [4.78, 5) is 41.2. The Morgan fingerprint density at radius 3 is 1.56 bits per heavy atom. The summed E-state index contributed by atoms with van der Waals surface area (Å²) in [5.41, 5.74) is 3.29. The van der Waals surface area contributed by atoms with Gasteiger partial charge in [-0.15, -0.1) is 9.32 Å². The normalized spacial score (nSPS) is 10.6. The molecule has 0 spiro atoms. The molecule has 17 heteroatoms. The predicted octanol–water partition coefficient (Wildman–Crippen LogP) is 7.71. The molecule has 5 N–H and O–H groups in total. The Morgan fingerprint density at radius 1 is 0.590 bits per heavy atom. The first kappa shape index (κ1) is 45.2. The van der Waals surface area contributed by atoms with E-state index in [4.69, 9.17) is 24.8 Å². The molecule has 6 rings (SSSR count). The molecular weight excluding hydrogens is 825 g/mol. The molecule has 0 radical (unpaired) electrons. The molecule has 316 valence electrons. The van der Waals surface area contributed by atoms with Crippen LogP contribution in [0.25, 0.3) is 0 Å². The van der Waals surface area contributed by atoms with Gasteiger partial charge in [0.25, 0.3) is 21.8 Å². The van der Waals surface area contributed by atoms with Crippen LogP contribution < -0.4 is 40.2 Å². The standard InChI is InChI=1S/C23H22N2O6S.C21H20N2O5S/c1-16(26)25-32(28,29)22-9-4-3-8-21(22)24-23(27)18-6-5-7-20(14-18)31-15-17-10-12-19(30-2)13-11-17;1-25-17-11-9-15(10-12-17)14-26-18-6-4-5-16(13-18)21(24)23-19-7-2-3-8-20(19)29-28-27-22/h3-14H,15H2,1-2H3,(H,24,27)(H,25,26);2-13H,14,22H2,1H3,(H,23,24). The predicted molar refractivity (Wildman–Crippen MR) is 230 cm³/mol. The second-order valence-corrected chi connectivity index (χ2v) is 15.0. The number of hydrogen-bond acceptors (Lipinski definition) is 13. The van der Waals surface area contributed by atoms with Gasteiger partial charge in [-0.05, 0) is 96.1 Å². The monoisotopic (exact) mass is 866 g/mol. The highest BCUT2D eigenvalue weighted by Crippen LogP contribution is 2.29. The van der Waals surface area contributed by atoms with E-state index >= 15 is 0 Å². The number of hydrogen-bond donors (Lipinski definition) is 4. The maximum Gasteiger partial charge on any atom is 0.266 e. The fourth-order valence-electron chi connectivity index (χ4n) is 5.37. The number of nitrogens with one attached hydrogen (secondary N) is 3. The van der Waals surface area contributed by atoms with Gasteiger partial charge in [-0.3, -0.25) is 14.4 Å². The highest BCUT2D eigenvalue weighted by Gasteiger charge is 2.21. The van der Waals surface area contributed by atoms with Crippen molar-refractivity contribution in [1.29, 1.82) is 0 Å². The molecule has 0 bridgehead atoms. The molecule has 0 heterocycles. The van der Waals surface area contributed by atoms with Crippen molar-refractivity contribution in [2.75, 3.05) is 24.9 Å². The molecule has 0 fully saturated rings. The number of carbonyl (C=O) groups is 3. The molecule has 0 aliphatic heterocycles. The summed E-state index contributed by atoms with van der Waals surface area (Å²) >= 11 is 0.900. The average Bonchev–Trinajstić information content (AvgIpc) is 3.27. The maximum absolute atomic E-state index is 12.7. The highest BCUT2D eigenvalue weighted by atomic mass is 32.2. The van der Waals surface area contributed by atoms with E-state index in [0.717, 1.165) is 41.6 Å². The minimum Gasteiger partial charge on any atom is -0.497 e. The summed E-state index contributed by atoms with van der Waals surface area (Å²) in [6.07, 6.45) is 0. The Labute approximate surface area is 357 Å². The van der Waals surface area contributed by atoms with Crippen LogP contribution in [-0.2, 0) is 37.4 Å². The third-order valence-electron chi connectivity index (χ3n) is 8.32. The van der Waals surface area contributed by atoms with Crippen molar-refractivity contribution in [3.63, 3.8) is 0 Å². The van der Waals surface area contributed by atoms with Gasteiger partial charge in [-0.2, -0.15) is 5.90 Å². The van der Waals surface area contributed by atoms with Gasteiger partial charge in [0, 0.05) is 18.1 Å². The van der Waals surface area contributed by atoms with Crippen LogP contribution >= 0.6 is 12.0 Å². The van der Waals surface area contributed by atoms with Crippen LogP contribution in [0.2, 0.25) is 0 Å². The molecule has 0 unspecified atom stereocenters. The van der Waals surface area contributed by atoms with Crippen molar-refractivity contribution in [2.45, 2.75) is 29.9 Å².